The van der Waals surface area contributed by atoms with E-state index in [4.69, 9.17) is 4.74 Å². The molecule has 0 heterocycles. The Labute approximate surface area is 131 Å². The third-order valence-corrected chi connectivity index (χ3v) is 4.33. The summed E-state index contributed by atoms with van der Waals surface area (Å²) in [6.07, 6.45) is 2.92. The number of nitrogens with one attached hydrogen (secondary N) is 1. The normalized spacial score (nSPS) is 21.6. The molecule has 1 saturated carbocycles. The van der Waals surface area contributed by atoms with Crippen LogP contribution in [0.2, 0.25) is 0 Å². The van der Waals surface area contributed by atoms with Crippen molar-refractivity contribution in [1.82, 2.24) is 0 Å². The molecule has 0 aromatic heterocycles. The zero-order chi connectivity index (χ0) is 15.4. The summed E-state index contributed by atoms with van der Waals surface area (Å²) < 4.78 is 6.03. The Morgan fingerprint density at radius 1 is 1.29 bits per heavy atom. The molecule has 0 spiro atoms. The van der Waals surface area contributed by atoms with E-state index in [1.807, 2.05) is 6.07 Å². The van der Waals surface area contributed by atoms with Crippen LogP contribution in [0.4, 0.5) is 5.69 Å². The molecule has 2 unspecified atom stereocenters. The van der Waals surface area contributed by atoms with Gasteiger partial charge < -0.3 is 15.2 Å². The van der Waals surface area contributed by atoms with Gasteiger partial charge in [0, 0.05) is 4.47 Å². The molecule has 0 bridgehead atoms. The molecule has 114 valence electrons. The molecule has 2 rings (SSSR count). The first-order valence-corrected chi connectivity index (χ1v) is 7.69. The van der Waals surface area contributed by atoms with Crippen molar-refractivity contribution in [2.45, 2.75) is 25.7 Å². The number of halogens is 1. The number of anilines is 1. The first-order chi connectivity index (χ1) is 10.0. The fraction of sp³-hybridized carbons (Fsp3) is 0.467. The van der Waals surface area contributed by atoms with Crippen LogP contribution in [0, 0.1) is 11.8 Å². The number of rotatable bonds is 4. The van der Waals surface area contributed by atoms with Gasteiger partial charge in [0.05, 0.1) is 24.6 Å². The van der Waals surface area contributed by atoms with Crippen LogP contribution in [0.15, 0.2) is 22.7 Å². The zero-order valence-corrected chi connectivity index (χ0v) is 13.4. The number of aliphatic carboxylic acids is 1. The minimum atomic E-state index is -0.893. The fourth-order valence-electron chi connectivity index (χ4n) is 2.74. The van der Waals surface area contributed by atoms with E-state index in [0.717, 1.165) is 17.3 Å². The molecule has 1 aromatic carbocycles. The average Bonchev–Trinajstić information content (AvgIpc) is 2.47. The summed E-state index contributed by atoms with van der Waals surface area (Å²) in [5.74, 6) is -1.68. The van der Waals surface area contributed by atoms with Crippen molar-refractivity contribution < 1.29 is 19.4 Å². The van der Waals surface area contributed by atoms with Crippen LogP contribution in [0.5, 0.6) is 5.75 Å². The SMILES string of the molecule is COc1ccc(Br)cc1NC(=O)C1CCCCC1C(=O)O. The van der Waals surface area contributed by atoms with Crippen LogP contribution in [0.1, 0.15) is 25.7 Å². The number of benzene rings is 1. The Morgan fingerprint density at radius 3 is 2.57 bits per heavy atom. The summed E-state index contributed by atoms with van der Waals surface area (Å²) in [5.41, 5.74) is 0.548. The summed E-state index contributed by atoms with van der Waals surface area (Å²) in [7, 11) is 1.53. The van der Waals surface area contributed by atoms with Crippen molar-refractivity contribution in [2.24, 2.45) is 11.8 Å². The van der Waals surface area contributed by atoms with Gasteiger partial charge in [0.2, 0.25) is 5.91 Å². The maximum absolute atomic E-state index is 12.4. The van der Waals surface area contributed by atoms with E-state index in [1.54, 1.807) is 12.1 Å². The Hall–Kier alpha value is -1.56. The third kappa shape index (κ3) is 3.75. The van der Waals surface area contributed by atoms with Crippen molar-refractivity contribution >= 4 is 33.5 Å². The second-order valence-corrected chi connectivity index (χ2v) is 6.09. The predicted molar refractivity (Wildman–Crippen MR) is 82.4 cm³/mol. The van der Waals surface area contributed by atoms with Crippen molar-refractivity contribution in [1.29, 1.82) is 0 Å². The highest BCUT2D eigenvalue weighted by Gasteiger charge is 2.35. The lowest BCUT2D eigenvalue weighted by Crippen LogP contribution is -2.36. The Morgan fingerprint density at radius 2 is 1.95 bits per heavy atom. The van der Waals surface area contributed by atoms with E-state index in [1.165, 1.54) is 7.11 Å². The molecule has 0 aliphatic heterocycles. The highest BCUT2D eigenvalue weighted by molar-refractivity contribution is 9.10. The van der Waals surface area contributed by atoms with Crippen LogP contribution < -0.4 is 10.1 Å². The van der Waals surface area contributed by atoms with E-state index in [0.29, 0.717) is 24.3 Å². The quantitative estimate of drug-likeness (QED) is 0.868. The third-order valence-electron chi connectivity index (χ3n) is 3.84. The smallest absolute Gasteiger partial charge is 0.307 e. The zero-order valence-electron chi connectivity index (χ0n) is 11.8. The van der Waals surface area contributed by atoms with Gasteiger partial charge in [0.1, 0.15) is 5.75 Å². The van der Waals surface area contributed by atoms with Gasteiger partial charge in [-0.25, -0.2) is 0 Å². The van der Waals surface area contributed by atoms with Gasteiger partial charge in [-0.15, -0.1) is 0 Å². The Kier molecular flexibility index (Phi) is 5.22. The standard InChI is InChI=1S/C15H18BrNO4/c1-21-13-7-6-9(16)8-12(13)17-14(18)10-4-2-3-5-11(10)15(19)20/h6-8,10-11H,2-5H2,1H3,(H,17,18)(H,19,20). The van der Waals surface area contributed by atoms with Gasteiger partial charge in [-0.3, -0.25) is 9.59 Å². The van der Waals surface area contributed by atoms with E-state index in [9.17, 15) is 14.7 Å². The van der Waals surface area contributed by atoms with Crippen molar-refractivity contribution in [3.05, 3.63) is 22.7 Å². The molecule has 0 saturated heterocycles. The topological polar surface area (TPSA) is 75.6 Å². The monoisotopic (exact) mass is 355 g/mol. The minimum absolute atomic E-state index is 0.251. The van der Waals surface area contributed by atoms with Crippen molar-refractivity contribution in [3.63, 3.8) is 0 Å². The molecule has 5 nitrogen and oxygen atoms in total. The number of hydrogen-bond donors (Lipinski definition) is 2. The van der Waals surface area contributed by atoms with Crippen LogP contribution in [-0.4, -0.2) is 24.1 Å². The molecule has 6 heteroatoms. The molecule has 1 fully saturated rings. The molecule has 1 amide bonds. The predicted octanol–water partition coefficient (Wildman–Crippen LogP) is 3.29. The minimum Gasteiger partial charge on any atom is -0.495 e. The van der Waals surface area contributed by atoms with Crippen molar-refractivity contribution in [2.75, 3.05) is 12.4 Å². The van der Waals surface area contributed by atoms with Crippen LogP contribution >= 0.6 is 15.9 Å². The second kappa shape index (κ2) is 6.93. The second-order valence-electron chi connectivity index (χ2n) is 5.17. The Bertz CT molecular complexity index is 546. The molecular weight excluding hydrogens is 338 g/mol. The number of hydrogen-bond acceptors (Lipinski definition) is 3. The summed E-state index contributed by atoms with van der Waals surface area (Å²) in [4.78, 5) is 23.7. The van der Waals surface area contributed by atoms with E-state index < -0.39 is 17.8 Å². The molecule has 2 atom stereocenters. The van der Waals surface area contributed by atoms with E-state index in [-0.39, 0.29) is 5.91 Å². The maximum atomic E-state index is 12.4. The lowest BCUT2D eigenvalue weighted by molar-refractivity contribution is -0.147. The number of carbonyl (C=O) groups is 2. The maximum Gasteiger partial charge on any atom is 0.307 e. The van der Waals surface area contributed by atoms with Crippen LogP contribution in [-0.2, 0) is 9.59 Å². The first kappa shape index (κ1) is 15.8. The molecule has 21 heavy (non-hydrogen) atoms. The van der Waals surface area contributed by atoms with Gasteiger partial charge in [0.15, 0.2) is 0 Å². The number of carboxylic acid groups (broad SMARTS) is 1. The fourth-order valence-corrected chi connectivity index (χ4v) is 3.10. The van der Waals surface area contributed by atoms with Gasteiger partial charge >= 0.3 is 5.97 Å². The molecule has 1 aliphatic rings. The van der Waals surface area contributed by atoms with Gasteiger partial charge in [-0.1, -0.05) is 28.8 Å². The number of carboxylic acids is 1. The van der Waals surface area contributed by atoms with Gasteiger partial charge in [0.25, 0.3) is 0 Å². The largest absolute Gasteiger partial charge is 0.495 e. The van der Waals surface area contributed by atoms with Crippen LogP contribution in [0.3, 0.4) is 0 Å². The van der Waals surface area contributed by atoms with Crippen LogP contribution in [0.25, 0.3) is 0 Å². The first-order valence-electron chi connectivity index (χ1n) is 6.90. The highest BCUT2D eigenvalue weighted by Crippen LogP contribution is 2.33. The summed E-state index contributed by atoms with van der Waals surface area (Å²) >= 11 is 3.35. The van der Waals surface area contributed by atoms with E-state index in [2.05, 4.69) is 21.2 Å². The Balaban J connectivity index is 2.16. The number of amides is 1. The average molecular weight is 356 g/mol. The number of carbonyl (C=O) groups excluding carboxylic acids is 1. The summed E-state index contributed by atoms with van der Waals surface area (Å²) in [6, 6.07) is 5.31. The van der Waals surface area contributed by atoms with E-state index >= 15 is 0 Å². The summed E-state index contributed by atoms with van der Waals surface area (Å²) in [6.45, 7) is 0. The lowest BCUT2D eigenvalue weighted by Gasteiger charge is -2.27. The molecule has 1 aromatic rings. The summed E-state index contributed by atoms with van der Waals surface area (Å²) in [5, 5.41) is 12.1. The highest BCUT2D eigenvalue weighted by atomic mass is 79.9. The van der Waals surface area contributed by atoms with Gasteiger partial charge in [-0.2, -0.15) is 0 Å². The molecule has 0 radical (unpaired) electrons. The van der Waals surface area contributed by atoms with Crippen molar-refractivity contribution in [3.8, 4) is 5.75 Å². The number of ether oxygens (including phenoxy) is 1. The molecule has 2 N–H and O–H groups in total. The lowest BCUT2D eigenvalue weighted by atomic mass is 9.78. The number of methoxy groups -OCH3 is 1. The molecular formula is C15H18BrNO4. The molecule has 1 aliphatic carbocycles. The van der Waals surface area contributed by atoms with Gasteiger partial charge in [-0.05, 0) is 31.0 Å².